The highest BCUT2D eigenvalue weighted by molar-refractivity contribution is 6.15. The third kappa shape index (κ3) is 3.68. The molecule has 31 heavy (non-hydrogen) atoms. The largest absolute Gasteiger partial charge is 0.452 e. The molecule has 1 saturated heterocycles. The van der Waals surface area contributed by atoms with Crippen LogP contribution in [-0.4, -0.2) is 53.4 Å². The molecule has 1 N–H and O–H groups in total. The molecule has 2 heterocycles. The van der Waals surface area contributed by atoms with Crippen molar-refractivity contribution in [2.45, 2.75) is 70.0 Å². The van der Waals surface area contributed by atoms with Gasteiger partial charge in [-0.15, -0.1) is 0 Å². The molecule has 0 spiro atoms. The van der Waals surface area contributed by atoms with Crippen molar-refractivity contribution in [2.24, 2.45) is 0 Å². The maximum atomic E-state index is 13.4. The molecule has 2 aliphatic heterocycles. The van der Waals surface area contributed by atoms with E-state index in [-0.39, 0.29) is 36.6 Å². The zero-order valence-electron chi connectivity index (χ0n) is 17.9. The molecule has 3 aliphatic rings. The van der Waals surface area contributed by atoms with E-state index in [2.05, 4.69) is 5.32 Å². The highest BCUT2D eigenvalue weighted by Crippen LogP contribution is 2.45. The van der Waals surface area contributed by atoms with Gasteiger partial charge in [0.25, 0.3) is 11.8 Å². The monoisotopic (exact) mass is 427 g/mol. The van der Waals surface area contributed by atoms with E-state index < -0.39 is 18.2 Å². The van der Waals surface area contributed by atoms with Crippen molar-refractivity contribution in [1.29, 1.82) is 0 Å². The standard InChI is InChI=1S/C23H29N3O5/c1-2-14-25-21(29)17-10-6-7-11-18(17)26-20(28)12-13-23(25,26)22(30)31-15-19(27)24-16-8-4-3-5-9-16/h6-7,10-11,16H,2-5,8-9,12-15H2,1H3,(H,24,27)/t23-/m1/s1. The second-order valence-corrected chi connectivity index (χ2v) is 8.50. The van der Waals surface area contributed by atoms with E-state index in [4.69, 9.17) is 4.74 Å². The molecular weight excluding hydrogens is 398 g/mol. The number of ether oxygens (including phenoxy) is 1. The third-order valence-electron chi connectivity index (χ3n) is 6.45. The van der Waals surface area contributed by atoms with Crippen LogP contribution in [0.25, 0.3) is 0 Å². The van der Waals surface area contributed by atoms with E-state index >= 15 is 0 Å². The first-order chi connectivity index (χ1) is 15.0. The Kier molecular flexibility index (Phi) is 5.98. The van der Waals surface area contributed by atoms with E-state index in [1.54, 1.807) is 24.3 Å². The minimum absolute atomic E-state index is 0.113. The number of amides is 3. The number of para-hydroxylation sites is 1. The lowest BCUT2D eigenvalue weighted by Crippen LogP contribution is -2.68. The Morgan fingerprint density at radius 2 is 1.90 bits per heavy atom. The van der Waals surface area contributed by atoms with Gasteiger partial charge < -0.3 is 15.0 Å². The van der Waals surface area contributed by atoms with E-state index in [0.29, 0.717) is 24.2 Å². The van der Waals surface area contributed by atoms with Gasteiger partial charge in [-0.25, -0.2) is 4.79 Å². The average Bonchev–Trinajstić information content (AvgIpc) is 3.14. The number of hydrogen-bond donors (Lipinski definition) is 1. The van der Waals surface area contributed by atoms with Crippen LogP contribution in [0.3, 0.4) is 0 Å². The zero-order valence-corrected chi connectivity index (χ0v) is 17.9. The predicted molar refractivity (Wildman–Crippen MR) is 113 cm³/mol. The molecule has 3 amide bonds. The molecule has 2 fully saturated rings. The Morgan fingerprint density at radius 1 is 1.16 bits per heavy atom. The van der Waals surface area contributed by atoms with Crippen molar-refractivity contribution in [1.82, 2.24) is 10.2 Å². The Morgan fingerprint density at radius 3 is 2.65 bits per heavy atom. The molecule has 8 nitrogen and oxygen atoms in total. The molecule has 8 heteroatoms. The van der Waals surface area contributed by atoms with Crippen LogP contribution in [0.15, 0.2) is 24.3 Å². The smallest absolute Gasteiger partial charge is 0.354 e. The van der Waals surface area contributed by atoms with Crippen LogP contribution in [0.2, 0.25) is 0 Å². The van der Waals surface area contributed by atoms with Gasteiger partial charge in [0.2, 0.25) is 11.6 Å². The summed E-state index contributed by atoms with van der Waals surface area (Å²) in [6, 6.07) is 6.93. The van der Waals surface area contributed by atoms with Gasteiger partial charge in [0.15, 0.2) is 6.61 Å². The normalized spacial score (nSPS) is 23.4. The Hall–Kier alpha value is -2.90. The molecule has 1 saturated carbocycles. The molecule has 0 aromatic heterocycles. The van der Waals surface area contributed by atoms with Crippen molar-refractivity contribution in [3.05, 3.63) is 29.8 Å². The maximum Gasteiger partial charge on any atom is 0.354 e. The first kappa shape index (κ1) is 21.3. The number of carbonyl (C=O) groups excluding carboxylic acids is 4. The fourth-order valence-corrected chi connectivity index (χ4v) is 5.04. The highest BCUT2D eigenvalue weighted by Gasteiger charge is 2.61. The average molecular weight is 428 g/mol. The number of esters is 1. The van der Waals surface area contributed by atoms with E-state index in [1.807, 2.05) is 6.92 Å². The molecule has 1 atom stereocenters. The Balaban J connectivity index is 1.57. The number of nitrogens with one attached hydrogen (secondary N) is 1. The van der Waals surface area contributed by atoms with Crippen LogP contribution in [-0.2, 0) is 19.1 Å². The maximum absolute atomic E-state index is 13.4. The number of rotatable bonds is 6. The first-order valence-electron chi connectivity index (χ1n) is 11.2. The van der Waals surface area contributed by atoms with E-state index in [9.17, 15) is 19.2 Å². The summed E-state index contributed by atoms with van der Waals surface area (Å²) in [5.74, 6) is -1.61. The van der Waals surface area contributed by atoms with Gasteiger partial charge in [-0.05, 0) is 31.4 Å². The summed E-state index contributed by atoms with van der Waals surface area (Å²) in [5, 5.41) is 2.93. The predicted octanol–water partition coefficient (Wildman–Crippen LogP) is 2.37. The number of nitrogens with zero attached hydrogens (tertiary/aromatic N) is 2. The van der Waals surface area contributed by atoms with Crippen molar-refractivity contribution in [3.63, 3.8) is 0 Å². The number of anilines is 1. The van der Waals surface area contributed by atoms with Crippen molar-refractivity contribution < 1.29 is 23.9 Å². The third-order valence-corrected chi connectivity index (χ3v) is 6.45. The minimum Gasteiger partial charge on any atom is -0.452 e. The summed E-state index contributed by atoms with van der Waals surface area (Å²) in [7, 11) is 0. The first-order valence-corrected chi connectivity index (χ1v) is 11.2. The quantitative estimate of drug-likeness (QED) is 0.703. The molecule has 1 aromatic rings. The number of hydrogen-bond acceptors (Lipinski definition) is 5. The number of benzene rings is 1. The Bertz CT molecular complexity index is 895. The Labute approximate surface area is 181 Å². The number of fused-ring (bicyclic) bond motifs is 3. The van der Waals surface area contributed by atoms with Crippen LogP contribution < -0.4 is 10.2 Å². The topological polar surface area (TPSA) is 96.0 Å². The summed E-state index contributed by atoms with van der Waals surface area (Å²) in [4.78, 5) is 54.7. The minimum atomic E-state index is -1.54. The lowest BCUT2D eigenvalue weighted by Gasteiger charge is -2.48. The fourth-order valence-electron chi connectivity index (χ4n) is 5.04. The molecule has 166 valence electrons. The second-order valence-electron chi connectivity index (χ2n) is 8.50. The molecule has 1 aromatic carbocycles. The second kappa shape index (κ2) is 8.69. The van der Waals surface area contributed by atoms with Gasteiger partial charge in [0.1, 0.15) is 0 Å². The van der Waals surface area contributed by atoms with E-state index in [1.165, 1.54) is 16.2 Å². The van der Waals surface area contributed by atoms with Crippen LogP contribution in [0.5, 0.6) is 0 Å². The SMILES string of the molecule is CCCN1C(=O)c2ccccc2N2C(=O)CC[C@@]12C(=O)OCC(=O)NC1CCCCC1. The summed E-state index contributed by atoms with van der Waals surface area (Å²) < 4.78 is 5.44. The van der Waals surface area contributed by atoms with Crippen LogP contribution in [0.1, 0.15) is 68.6 Å². The van der Waals surface area contributed by atoms with Gasteiger partial charge >= 0.3 is 5.97 Å². The van der Waals surface area contributed by atoms with Crippen molar-refractivity contribution >= 4 is 29.4 Å². The van der Waals surface area contributed by atoms with Crippen LogP contribution in [0.4, 0.5) is 5.69 Å². The molecule has 0 radical (unpaired) electrons. The summed E-state index contributed by atoms with van der Waals surface area (Å²) in [6.07, 6.45) is 6.10. The lowest BCUT2D eigenvalue weighted by atomic mass is 9.95. The van der Waals surface area contributed by atoms with Crippen molar-refractivity contribution in [2.75, 3.05) is 18.1 Å². The van der Waals surface area contributed by atoms with Crippen molar-refractivity contribution in [3.8, 4) is 0 Å². The lowest BCUT2D eigenvalue weighted by molar-refractivity contribution is -0.160. The van der Waals surface area contributed by atoms with E-state index in [0.717, 1.165) is 25.7 Å². The molecule has 0 bridgehead atoms. The highest BCUT2D eigenvalue weighted by atomic mass is 16.5. The van der Waals surface area contributed by atoms with Crippen LogP contribution >= 0.6 is 0 Å². The fraction of sp³-hybridized carbons (Fsp3) is 0.565. The number of carbonyl (C=O) groups is 4. The molecular formula is C23H29N3O5. The van der Waals surface area contributed by atoms with Gasteiger partial charge in [0.05, 0.1) is 11.3 Å². The molecule has 4 rings (SSSR count). The molecule has 0 unspecified atom stereocenters. The van der Waals surface area contributed by atoms with Gasteiger partial charge in [-0.1, -0.05) is 38.3 Å². The molecule has 1 aliphatic carbocycles. The van der Waals surface area contributed by atoms with Gasteiger partial charge in [-0.3, -0.25) is 19.3 Å². The van der Waals surface area contributed by atoms with Gasteiger partial charge in [-0.2, -0.15) is 0 Å². The summed E-state index contributed by atoms with van der Waals surface area (Å²) >= 11 is 0. The summed E-state index contributed by atoms with van der Waals surface area (Å²) in [5.41, 5.74) is -0.723. The van der Waals surface area contributed by atoms with Crippen LogP contribution in [0, 0.1) is 0 Å². The summed E-state index contributed by atoms with van der Waals surface area (Å²) in [6.45, 7) is 1.79. The zero-order chi connectivity index (χ0) is 22.0. The van der Waals surface area contributed by atoms with Gasteiger partial charge in [0, 0.05) is 25.4 Å².